The highest BCUT2D eigenvalue weighted by atomic mass is 32.1. The number of piperazine rings is 1. The van der Waals surface area contributed by atoms with Crippen LogP contribution in [0.1, 0.15) is 16.7 Å². The number of alkyl halides is 3. The first kappa shape index (κ1) is 15.3. The van der Waals surface area contributed by atoms with E-state index in [1.165, 1.54) is 0 Å². The van der Waals surface area contributed by atoms with Crippen molar-refractivity contribution in [3.05, 3.63) is 29.3 Å². The lowest BCUT2D eigenvalue weighted by Crippen LogP contribution is -2.47. The largest absolute Gasteiger partial charge is 0.427 e. The zero-order valence-corrected chi connectivity index (χ0v) is 13.0. The van der Waals surface area contributed by atoms with Crippen LogP contribution in [0.25, 0.3) is 0 Å². The summed E-state index contributed by atoms with van der Waals surface area (Å²) in [6, 6.07) is 0.0342. The minimum atomic E-state index is -4.33. The van der Waals surface area contributed by atoms with E-state index in [1.54, 1.807) is 6.20 Å². The van der Waals surface area contributed by atoms with Gasteiger partial charge in [0.25, 0.3) is 0 Å². The third kappa shape index (κ3) is 2.82. The highest BCUT2D eigenvalue weighted by Crippen LogP contribution is 2.37. The van der Waals surface area contributed by atoms with E-state index in [2.05, 4.69) is 14.9 Å². The lowest BCUT2D eigenvalue weighted by molar-refractivity contribution is -0.134. The van der Waals surface area contributed by atoms with Gasteiger partial charge in [-0.25, -0.2) is 9.97 Å². The average molecular weight is 331 g/mol. The molecule has 5 nitrogen and oxygen atoms in total. The van der Waals surface area contributed by atoms with Crippen molar-refractivity contribution in [2.45, 2.75) is 12.2 Å². The van der Waals surface area contributed by atoms with Crippen LogP contribution in [0.4, 0.5) is 18.3 Å². The van der Waals surface area contributed by atoms with E-state index in [9.17, 15) is 13.2 Å². The van der Waals surface area contributed by atoms with E-state index in [0.717, 1.165) is 18.6 Å². The van der Waals surface area contributed by atoms with Gasteiger partial charge < -0.3 is 9.47 Å². The van der Waals surface area contributed by atoms with E-state index in [-0.39, 0.29) is 6.04 Å². The third-order valence-electron chi connectivity index (χ3n) is 3.85. The molecule has 1 fully saturated rings. The molecule has 0 aliphatic carbocycles. The fraction of sp³-hybridized carbons (Fsp3) is 0.538. The molecule has 1 aliphatic heterocycles. The summed E-state index contributed by atoms with van der Waals surface area (Å²) < 4.78 is 40.1. The standard InChI is InChI=1S/C13H16F3N5S/c1-19-5-6-21(8-9(19)11-17-3-4-20(11)2)12-18-7-10(22-12)13(14,15)16/h3-4,7,9H,5-6,8H2,1-2H3. The number of aryl methyl sites for hydroxylation is 1. The maximum absolute atomic E-state index is 12.7. The summed E-state index contributed by atoms with van der Waals surface area (Å²) in [6.07, 6.45) is 0.177. The van der Waals surface area contributed by atoms with E-state index in [0.29, 0.717) is 29.6 Å². The molecule has 1 atom stereocenters. The van der Waals surface area contributed by atoms with Crippen molar-refractivity contribution in [1.29, 1.82) is 0 Å². The second-order valence-electron chi connectivity index (χ2n) is 5.34. The second kappa shape index (κ2) is 5.54. The van der Waals surface area contributed by atoms with Gasteiger partial charge in [-0.15, -0.1) is 0 Å². The Balaban J connectivity index is 1.81. The molecule has 120 valence electrons. The van der Waals surface area contributed by atoms with Crippen LogP contribution in [0.2, 0.25) is 0 Å². The summed E-state index contributed by atoms with van der Waals surface area (Å²) in [5.41, 5.74) is 0. The quantitative estimate of drug-likeness (QED) is 0.847. The predicted molar refractivity (Wildman–Crippen MR) is 77.9 cm³/mol. The molecule has 9 heteroatoms. The van der Waals surface area contributed by atoms with Gasteiger partial charge in [0.2, 0.25) is 0 Å². The molecule has 0 bridgehead atoms. The number of rotatable bonds is 2. The smallest absolute Gasteiger partial charge is 0.345 e. The Kier molecular flexibility index (Phi) is 3.85. The zero-order chi connectivity index (χ0) is 15.9. The van der Waals surface area contributed by atoms with Crippen molar-refractivity contribution in [2.24, 2.45) is 7.05 Å². The molecule has 0 N–H and O–H groups in total. The fourth-order valence-electron chi connectivity index (χ4n) is 2.57. The molecule has 0 aromatic carbocycles. The van der Waals surface area contributed by atoms with Crippen LogP contribution in [0.5, 0.6) is 0 Å². The second-order valence-corrected chi connectivity index (χ2v) is 6.35. The van der Waals surface area contributed by atoms with Crippen molar-refractivity contribution in [3.8, 4) is 0 Å². The molecule has 3 rings (SSSR count). The van der Waals surface area contributed by atoms with E-state index in [1.807, 2.05) is 29.8 Å². The molecular weight excluding hydrogens is 315 g/mol. The van der Waals surface area contributed by atoms with Crippen LogP contribution in [0, 0.1) is 0 Å². The Labute approximate surface area is 130 Å². The summed E-state index contributed by atoms with van der Waals surface area (Å²) in [7, 11) is 3.92. The number of hydrogen-bond donors (Lipinski definition) is 0. The molecule has 1 aliphatic rings. The molecule has 2 aromatic rings. The summed E-state index contributed by atoms with van der Waals surface area (Å²) in [4.78, 5) is 11.7. The number of anilines is 1. The van der Waals surface area contributed by atoms with Crippen molar-refractivity contribution in [2.75, 3.05) is 31.6 Å². The first-order valence-corrected chi connectivity index (χ1v) is 7.63. The van der Waals surface area contributed by atoms with E-state index < -0.39 is 11.1 Å². The van der Waals surface area contributed by atoms with Gasteiger partial charge >= 0.3 is 6.18 Å². The molecule has 2 aromatic heterocycles. The molecule has 22 heavy (non-hydrogen) atoms. The predicted octanol–water partition coefficient (Wildman–Crippen LogP) is 2.39. The summed E-state index contributed by atoms with van der Waals surface area (Å²) in [5.74, 6) is 0.903. The maximum Gasteiger partial charge on any atom is 0.427 e. The Bertz CT molecular complexity index is 650. The van der Waals surface area contributed by atoms with Crippen LogP contribution in [-0.2, 0) is 13.2 Å². The first-order chi connectivity index (χ1) is 10.4. The minimum absolute atomic E-state index is 0.0342. The molecule has 1 saturated heterocycles. The van der Waals surface area contributed by atoms with Crippen molar-refractivity contribution in [3.63, 3.8) is 0 Å². The van der Waals surface area contributed by atoms with Gasteiger partial charge in [-0.05, 0) is 7.05 Å². The zero-order valence-electron chi connectivity index (χ0n) is 12.2. The summed E-state index contributed by atoms with van der Waals surface area (Å²) >= 11 is 0.695. The van der Waals surface area contributed by atoms with Crippen LogP contribution >= 0.6 is 11.3 Å². The van der Waals surface area contributed by atoms with Gasteiger partial charge in [0, 0.05) is 39.1 Å². The van der Waals surface area contributed by atoms with Crippen molar-refractivity contribution >= 4 is 16.5 Å². The number of hydrogen-bond acceptors (Lipinski definition) is 5. The number of nitrogens with zero attached hydrogens (tertiary/aromatic N) is 5. The highest BCUT2D eigenvalue weighted by Gasteiger charge is 2.35. The number of aromatic nitrogens is 3. The Morgan fingerprint density at radius 3 is 2.59 bits per heavy atom. The van der Waals surface area contributed by atoms with Crippen LogP contribution < -0.4 is 4.90 Å². The molecule has 0 radical (unpaired) electrons. The van der Waals surface area contributed by atoms with Crippen molar-refractivity contribution < 1.29 is 13.2 Å². The maximum atomic E-state index is 12.7. The topological polar surface area (TPSA) is 37.2 Å². The Morgan fingerprint density at radius 1 is 1.23 bits per heavy atom. The van der Waals surface area contributed by atoms with E-state index in [4.69, 9.17) is 0 Å². The van der Waals surface area contributed by atoms with Gasteiger partial charge in [0.15, 0.2) is 5.13 Å². The molecule has 3 heterocycles. The summed E-state index contributed by atoms with van der Waals surface area (Å²) in [5, 5.41) is 0.416. The van der Waals surface area contributed by atoms with Gasteiger partial charge in [-0.2, -0.15) is 13.2 Å². The SMILES string of the molecule is CN1CCN(c2ncc(C(F)(F)F)s2)CC1c1nccn1C. The summed E-state index contributed by atoms with van der Waals surface area (Å²) in [6.45, 7) is 1.98. The molecule has 1 unspecified atom stereocenters. The van der Waals surface area contributed by atoms with Gasteiger partial charge in [0.05, 0.1) is 12.2 Å². The average Bonchev–Trinajstić information content (AvgIpc) is 3.08. The molecular formula is C13H16F3N5S. The molecule has 0 saturated carbocycles. The Hall–Kier alpha value is -1.61. The van der Waals surface area contributed by atoms with Crippen LogP contribution in [0.3, 0.4) is 0 Å². The monoisotopic (exact) mass is 331 g/mol. The Morgan fingerprint density at radius 2 is 2.00 bits per heavy atom. The lowest BCUT2D eigenvalue weighted by Gasteiger charge is -2.38. The van der Waals surface area contributed by atoms with Gasteiger partial charge in [0.1, 0.15) is 10.7 Å². The van der Waals surface area contributed by atoms with Crippen LogP contribution in [-0.4, -0.2) is 46.1 Å². The number of halogens is 3. The minimum Gasteiger partial charge on any atom is -0.345 e. The lowest BCUT2D eigenvalue weighted by atomic mass is 10.1. The molecule has 0 amide bonds. The van der Waals surface area contributed by atoms with Gasteiger partial charge in [-0.1, -0.05) is 11.3 Å². The van der Waals surface area contributed by atoms with Crippen molar-refractivity contribution in [1.82, 2.24) is 19.4 Å². The van der Waals surface area contributed by atoms with Gasteiger partial charge in [-0.3, -0.25) is 4.90 Å². The van der Waals surface area contributed by atoms with E-state index >= 15 is 0 Å². The number of imidazole rings is 1. The number of thiazole rings is 1. The normalized spacial score (nSPS) is 20.6. The highest BCUT2D eigenvalue weighted by molar-refractivity contribution is 7.15. The number of likely N-dealkylation sites (N-methyl/N-ethyl adjacent to an activating group) is 1. The third-order valence-corrected chi connectivity index (χ3v) is 4.95. The fourth-order valence-corrected chi connectivity index (χ4v) is 3.38. The first-order valence-electron chi connectivity index (χ1n) is 6.81. The molecule has 0 spiro atoms. The van der Waals surface area contributed by atoms with Crippen LogP contribution in [0.15, 0.2) is 18.6 Å².